The molecule has 0 saturated carbocycles. The van der Waals surface area contributed by atoms with Crippen LogP contribution in [0.15, 0.2) is 36.4 Å². The molecule has 1 nitrogen and oxygen atoms in total. The minimum Gasteiger partial charge on any atom is -0.378 e. The molecule has 0 radical (unpaired) electrons. The van der Waals surface area contributed by atoms with Crippen LogP contribution < -0.4 is 5.32 Å². The first kappa shape index (κ1) is 14.5. The van der Waals surface area contributed by atoms with Gasteiger partial charge in [-0.05, 0) is 49.2 Å². The number of halogens is 3. The molecule has 0 bridgehead atoms. The Kier molecular flexibility index (Phi) is 4.62. The number of nitrogens with one attached hydrogen (secondary N) is 1. The van der Waals surface area contributed by atoms with E-state index < -0.39 is 0 Å². The van der Waals surface area contributed by atoms with E-state index in [-0.39, 0.29) is 6.04 Å². The third-order valence-corrected chi connectivity index (χ3v) is 3.99. The lowest BCUT2D eigenvalue weighted by Gasteiger charge is -2.18. The molecule has 1 N–H and O–H groups in total. The molecule has 2 rings (SSSR count). The zero-order chi connectivity index (χ0) is 14.0. The van der Waals surface area contributed by atoms with Crippen LogP contribution >= 0.6 is 34.8 Å². The Morgan fingerprint density at radius 1 is 0.947 bits per heavy atom. The van der Waals surface area contributed by atoms with Gasteiger partial charge in [0.15, 0.2) is 0 Å². The fourth-order valence-electron chi connectivity index (χ4n) is 1.85. The molecule has 0 aliphatic rings. The third-order valence-electron chi connectivity index (χ3n) is 3.02. The molecular formula is C15H14Cl3N. The minimum atomic E-state index is 0.118. The van der Waals surface area contributed by atoms with Crippen molar-refractivity contribution in [1.82, 2.24) is 0 Å². The first-order valence-corrected chi connectivity index (χ1v) is 7.08. The topological polar surface area (TPSA) is 12.0 Å². The number of hydrogen-bond donors (Lipinski definition) is 1. The SMILES string of the molecule is Cc1ccc(Cl)cc1NC(C)c1ccc(Cl)c(Cl)c1. The molecule has 4 heteroatoms. The average Bonchev–Trinajstić information content (AvgIpc) is 2.37. The predicted molar refractivity (Wildman–Crippen MR) is 84.7 cm³/mol. The van der Waals surface area contributed by atoms with E-state index in [1.165, 1.54) is 0 Å². The maximum Gasteiger partial charge on any atom is 0.0595 e. The van der Waals surface area contributed by atoms with Gasteiger partial charge in [-0.1, -0.05) is 46.9 Å². The first-order valence-electron chi connectivity index (χ1n) is 5.95. The van der Waals surface area contributed by atoms with E-state index in [9.17, 15) is 0 Å². The highest BCUT2D eigenvalue weighted by Crippen LogP contribution is 2.29. The molecule has 0 fully saturated rings. The summed E-state index contributed by atoms with van der Waals surface area (Å²) in [5.41, 5.74) is 3.25. The fourth-order valence-corrected chi connectivity index (χ4v) is 2.33. The van der Waals surface area contributed by atoms with Crippen molar-refractivity contribution in [3.63, 3.8) is 0 Å². The zero-order valence-corrected chi connectivity index (χ0v) is 12.9. The molecule has 19 heavy (non-hydrogen) atoms. The normalized spacial score (nSPS) is 12.3. The summed E-state index contributed by atoms with van der Waals surface area (Å²) in [4.78, 5) is 0. The lowest BCUT2D eigenvalue weighted by atomic mass is 10.1. The highest BCUT2D eigenvalue weighted by molar-refractivity contribution is 6.42. The second-order valence-corrected chi connectivity index (χ2v) is 5.75. The van der Waals surface area contributed by atoms with Crippen LogP contribution in [0, 0.1) is 6.92 Å². The van der Waals surface area contributed by atoms with E-state index in [0.29, 0.717) is 10.0 Å². The molecule has 0 saturated heterocycles. The molecule has 100 valence electrons. The summed E-state index contributed by atoms with van der Waals surface area (Å²) in [5.74, 6) is 0. The highest BCUT2D eigenvalue weighted by atomic mass is 35.5. The van der Waals surface area contributed by atoms with Gasteiger partial charge >= 0.3 is 0 Å². The minimum absolute atomic E-state index is 0.118. The van der Waals surface area contributed by atoms with E-state index in [1.807, 2.05) is 43.3 Å². The van der Waals surface area contributed by atoms with Gasteiger partial charge < -0.3 is 5.32 Å². The second-order valence-electron chi connectivity index (χ2n) is 4.50. The molecule has 0 aromatic heterocycles. The van der Waals surface area contributed by atoms with E-state index in [4.69, 9.17) is 34.8 Å². The lowest BCUT2D eigenvalue weighted by Crippen LogP contribution is -2.07. The molecule has 1 atom stereocenters. The number of rotatable bonds is 3. The van der Waals surface area contributed by atoms with Crippen molar-refractivity contribution in [3.8, 4) is 0 Å². The van der Waals surface area contributed by atoms with E-state index >= 15 is 0 Å². The van der Waals surface area contributed by atoms with Gasteiger partial charge in [0.25, 0.3) is 0 Å². The molecule has 2 aromatic rings. The fraction of sp³-hybridized carbons (Fsp3) is 0.200. The highest BCUT2D eigenvalue weighted by Gasteiger charge is 2.09. The summed E-state index contributed by atoms with van der Waals surface area (Å²) in [6, 6.07) is 11.6. The van der Waals surface area contributed by atoms with Gasteiger partial charge in [-0.2, -0.15) is 0 Å². The van der Waals surface area contributed by atoms with Crippen molar-refractivity contribution in [3.05, 3.63) is 62.6 Å². The monoisotopic (exact) mass is 313 g/mol. The predicted octanol–water partition coefficient (Wildman–Crippen LogP) is 6.13. The summed E-state index contributed by atoms with van der Waals surface area (Å²) in [6.45, 7) is 4.11. The van der Waals surface area contributed by atoms with Crippen LogP contribution in [0.2, 0.25) is 15.1 Å². The van der Waals surface area contributed by atoms with Gasteiger partial charge in [-0.15, -0.1) is 0 Å². The van der Waals surface area contributed by atoms with Crippen LogP contribution in [0.3, 0.4) is 0 Å². The van der Waals surface area contributed by atoms with Gasteiger partial charge in [0, 0.05) is 16.8 Å². The quantitative estimate of drug-likeness (QED) is 0.718. The van der Waals surface area contributed by atoms with Gasteiger partial charge in [0.1, 0.15) is 0 Å². The molecular weight excluding hydrogens is 301 g/mol. The molecule has 0 aliphatic carbocycles. The van der Waals surface area contributed by atoms with Crippen LogP contribution in [0.4, 0.5) is 5.69 Å². The van der Waals surface area contributed by atoms with Crippen molar-refractivity contribution < 1.29 is 0 Å². The van der Waals surface area contributed by atoms with Gasteiger partial charge in [-0.25, -0.2) is 0 Å². The van der Waals surface area contributed by atoms with Crippen molar-refractivity contribution in [2.75, 3.05) is 5.32 Å². The number of hydrogen-bond acceptors (Lipinski definition) is 1. The lowest BCUT2D eigenvalue weighted by molar-refractivity contribution is 0.883. The summed E-state index contributed by atoms with van der Waals surface area (Å²) in [5, 5.41) is 5.28. The molecule has 0 spiro atoms. The van der Waals surface area contributed by atoms with Gasteiger partial charge in [-0.3, -0.25) is 0 Å². The van der Waals surface area contributed by atoms with Gasteiger partial charge in [0.05, 0.1) is 10.0 Å². The number of benzene rings is 2. The number of anilines is 1. The van der Waals surface area contributed by atoms with Crippen molar-refractivity contribution in [2.24, 2.45) is 0 Å². The van der Waals surface area contributed by atoms with Crippen LogP contribution in [-0.2, 0) is 0 Å². The molecule has 0 amide bonds. The molecule has 2 aromatic carbocycles. The Balaban J connectivity index is 2.22. The Hall–Kier alpha value is -0.890. The summed E-state index contributed by atoms with van der Waals surface area (Å²) >= 11 is 18.0. The van der Waals surface area contributed by atoms with E-state index in [2.05, 4.69) is 12.2 Å². The largest absolute Gasteiger partial charge is 0.378 e. The Morgan fingerprint density at radius 3 is 2.37 bits per heavy atom. The van der Waals surface area contributed by atoms with Crippen molar-refractivity contribution >= 4 is 40.5 Å². The van der Waals surface area contributed by atoms with Gasteiger partial charge in [0.2, 0.25) is 0 Å². The maximum atomic E-state index is 6.04. The summed E-state index contributed by atoms with van der Waals surface area (Å²) in [7, 11) is 0. The van der Waals surface area contributed by atoms with Crippen LogP contribution in [0.1, 0.15) is 24.1 Å². The summed E-state index contributed by atoms with van der Waals surface area (Å²) < 4.78 is 0. The standard InChI is InChI=1S/C15H14Cl3N/c1-9-3-5-12(16)8-15(9)19-10(2)11-4-6-13(17)14(18)7-11/h3-8,10,19H,1-2H3. The molecule has 0 aliphatic heterocycles. The second kappa shape index (κ2) is 6.04. The zero-order valence-electron chi connectivity index (χ0n) is 10.7. The van der Waals surface area contributed by atoms with Crippen LogP contribution in [0.25, 0.3) is 0 Å². The van der Waals surface area contributed by atoms with E-state index in [1.54, 1.807) is 0 Å². The van der Waals surface area contributed by atoms with Crippen LogP contribution in [0.5, 0.6) is 0 Å². The Morgan fingerprint density at radius 2 is 1.68 bits per heavy atom. The summed E-state index contributed by atoms with van der Waals surface area (Å²) in [6.07, 6.45) is 0. The van der Waals surface area contributed by atoms with E-state index in [0.717, 1.165) is 21.8 Å². The Bertz CT molecular complexity index is 596. The van der Waals surface area contributed by atoms with Crippen molar-refractivity contribution in [2.45, 2.75) is 19.9 Å². The third kappa shape index (κ3) is 3.56. The smallest absolute Gasteiger partial charge is 0.0595 e. The number of aryl methyl sites for hydroxylation is 1. The molecule has 1 unspecified atom stereocenters. The maximum absolute atomic E-state index is 6.04. The van der Waals surface area contributed by atoms with Crippen LogP contribution in [-0.4, -0.2) is 0 Å². The average molecular weight is 315 g/mol. The first-order chi connectivity index (χ1) is 8.97. The van der Waals surface area contributed by atoms with Crippen molar-refractivity contribution in [1.29, 1.82) is 0 Å². The Labute approximate surface area is 128 Å². The molecule has 0 heterocycles.